The molecule has 2 aromatic carbocycles. The molecular formula is C28H38ClN3O6S. The van der Waals surface area contributed by atoms with Gasteiger partial charge in [0.2, 0.25) is 21.8 Å². The number of benzene rings is 2. The molecule has 2 amide bonds. The van der Waals surface area contributed by atoms with Crippen LogP contribution in [0.2, 0.25) is 5.02 Å². The number of hydrogen-bond acceptors (Lipinski definition) is 6. The highest BCUT2D eigenvalue weighted by Gasteiger charge is 2.33. The zero-order valence-corrected chi connectivity index (χ0v) is 24.6. The van der Waals surface area contributed by atoms with E-state index in [4.69, 9.17) is 21.1 Å². The first-order valence-corrected chi connectivity index (χ1v) is 15.3. The van der Waals surface area contributed by atoms with E-state index in [9.17, 15) is 18.0 Å². The second kappa shape index (κ2) is 13.9. The van der Waals surface area contributed by atoms with Crippen molar-refractivity contribution in [1.82, 2.24) is 10.2 Å². The van der Waals surface area contributed by atoms with Gasteiger partial charge in [0.05, 0.1) is 31.2 Å². The number of ether oxygens (including phenoxy) is 2. The van der Waals surface area contributed by atoms with Gasteiger partial charge >= 0.3 is 0 Å². The van der Waals surface area contributed by atoms with E-state index < -0.39 is 28.5 Å². The molecule has 1 aliphatic rings. The number of halogens is 1. The van der Waals surface area contributed by atoms with Gasteiger partial charge in [0, 0.05) is 12.6 Å². The average molecular weight is 580 g/mol. The third kappa shape index (κ3) is 8.25. The summed E-state index contributed by atoms with van der Waals surface area (Å²) < 4.78 is 37.1. The number of methoxy groups -OCH3 is 2. The minimum Gasteiger partial charge on any atom is -0.497 e. The van der Waals surface area contributed by atoms with Gasteiger partial charge in [0.25, 0.3) is 0 Å². The number of nitrogens with zero attached hydrogens (tertiary/aromatic N) is 2. The lowest BCUT2D eigenvalue weighted by Crippen LogP contribution is -2.53. The molecule has 214 valence electrons. The fourth-order valence-electron chi connectivity index (χ4n) is 4.86. The van der Waals surface area contributed by atoms with Crippen LogP contribution in [-0.2, 0) is 26.2 Å². The monoisotopic (exact) mass is 579 g/mol. The quantitative estimate of drug-likeness (QED) is 0.400. The predicted octanol–water partition coefficient (Wildman–Crippen LogP) is 4.38. The fourth-order valence-corrected chi connectivity index (χ4v) is 5.95. The van der Waals surface area contributed by atoms with Gasteiger partial charge in [-0.2, -0.15) is 0 Å². The van der Waals surface area contributed by atoms with Gasteiger partial charge in [0.1, 0.15) is 24.1 Å². The van der Waals surface area contributed by atoms with Gasteiger partial charge in [0.15, 0.2) is 0 Å². The summed E-state index contributed by atoms with van der Waals surface area (Å²) >= 11 is 6.26. The maximum Gasteiger partial charge on any atom is 0.244 e. The van der Waals surface area contributed by atoms with Crippen LogP contribution < -0.4 is 19.1 Å². The first-order valence-electron chi connectivity index (χ1n) is 13.1. The van der Waals surface area contributed by atoms with Crippen molar-refractivity contribution < 1.29 is 27.5 Å². The zero-order valence-electron chi connectivity index (χ0n) is 23.0. The van der Waals surface area contributed by atoms with E-state index in [0.29, 0.717) is 17.9 Å². The molecule has 0 heterocycles. The molecule has 1 saturated carbocycles. The molecule has 0 radical (unpaired) electrons. The van der Waals surface area contributed by atoms with Crippen LogP contribution in [0, 0.1) is 0 Å². The van der Waals surface area contributed by atoms with Crippen molar-refractivity contribution in [3.63, 3.8) is 0 Å². The Morgan fingerprint density at radius 3 is 2.38 bits per heavy atom. The molecule has 9 nitrogen and oxygen atoms in total. The van der Waals surface area contributed by atoms with Crippen LogP contribution in [0.1, 0.15) is 51.0 Å². The molecule has 11 heteroatoms. The highest BCUT2D eigenvalue weighted by molar-refractivity contribution is 7.92. The van der Waals surface area contributed by atoms with Crippen LogP contribution in [-0.4, -0.2) is 64.2 Å². The Bertz CT molecular complexity index is 1250. The summed E-state index contributed by atoms with van der Waals surface area (Å²) in [5.41, 5.74) is 0.975. The fraction of sp³-hybridized carbons (Fsp3) is 0.500. The lowest BCUT2D eigenvalue weighted by molar-refractivity contribution is -0.140. The largest absolute Gasteiger partial charge is 0.497 e. The van der Waals surface area contributed by atoms with E-state index in [1.807, 2.05) is 19.1 Å². The number of nitrogens with one attached hydrogen (secondary N) is 1. The van der Waals surface area contributed by atoms with Crippen molar-refractivity contribution in [1.29, 1.82) is 0 Å². The molecule has 0 bridgehead atoms. The van der Waals surface area contributed by atoms with Crippen LogP contribution in [0.5, 0.6) is 11.5 Å². The Morgan fingerprint density at radius 2 is 1.79 bits per heavy atom. The topological polar surface area (TPSA) is 105 Å². The summed E-state index contributed by atoms with van der Waals surface area (Å²) in [6.45, 7) is 1.45. The molecule has 2 aromatic rings. The minimum absolute atomic E-state index is 0.0723. The van der Waals surface area contributed by atoms with E-state index in [2.05, 4.69) is 5.32 Å². The second-order valence-electron chi connectivity index (χ2n) is 9.73. The number of amides is 2. The smallest absolute Gasteiger partial charge is 0.244 e. The summed E-state index contributed by atoms with van der Waals surface area (Å²) in [5.74, 6) is 0.246. The van der Waals surface area contributed by atoms with Crippen molar-refractivity contribution in [2.45, 2.75) is 64.1 Å². The lowest BCUT2D eigenvalue weighted by Gasteiger charge is -2.34. The van der Waals surface area contributed by atoms with Gasteiger partial charge < -0.3 is 19.7 Å². The lowest BCUT2D eigenvalue weighted by atomic mass is 9.95. The third-order valence-corrected chi connectivity index (χ3v) is 8.36. The van der Waals surface area contributed by atoms with Crippen molar-refractivity contribution in [2.24, 2.45) is 0 Å². The summed E-state index contributed by atoms with van der Waals surface area (Å²) in [4.78, 5) is 28.8. The van der Waals surface area contributed by atoms with Crippen LogP contribution in [0.3, 0.4) is 0 Å². The van der Waals surface area contributed by atoms with Gasteiger partial charge in [-0.3, -0.25) is 13.9 Å². The number of carbonyl (C=O) groups is 2. The second-order valence-corrected chi connectivity index (χ2v) is 12.0. The molecule has 3 rings (SSSR count). The highest BCUT2D eigenvalue weighted by atomic mass is 35.5. The predicted molar refractivity (Wildman–Crippen MR) is 153 cm³/mol. The molecule has 39 heavy (non-hydrogen) atoms. The summed E-state index contributed by atoms with van der Waals surface area (Å²) in [5, 5.41) is 3.34. The summed E-state index contributed by atoms with van der Waals surface area (Å²) in [6, 6.07) is 11.0. The van der Waals surface area contributed by atoms with E-state index in [0.717, 1.165) is 48.2 Å². The molecule has 0 aromatic heterocycles. The summed E-state index contributed by atoms with van der Waals surface area (Å²) in [7, 11) is -0.865. The zero-order chi connectivity index (χ0) is 28.6. The molecule has 0 aliphatic heterocycles. The maximum atomic E-state index is 13.9. The van der Waals surface area contributed by atoms with E-state index in [1.165, 1.54) is 24.1 Å². The van der Waals surface area contributed by atoms with Gasteiger partial charge in [-0.25, -0.2) is 8.42 Å². The SMILES string of the molecule is CC[C@H](C(=O)NC1CCCCC1)N(Cc1cccc(OC)c1)C(=O)CN(c1ccc(OC)c(Cl)c1)S(C)(=O)=O. The molecule has 1 N–H and O–H groups in total. The van der Waals surface area contributed by atoms with Crippen molar-refractivity contribution >= 4 is 39.1 Å². The molecule has 0 saturated heterocycles. The van der Waals surface area contributed by atoms with Crippen LogP contribution >= 0.6 is 11.6 Å². The molecule has 1 aliphatic carbocycles. The van der Waals surface area contributed by atoms with E-state index in [-0.39, 0.29) is 29.2 Å². The van der Waals surface area contributed by atoms with E-state index >= 15 is 0 Å². The van der Waals surface area contributed by atoms with Gasteiger partial charge in [-0.1, -0.05) is 49.9 Å². The molecular weight excluding hydrogens is 542 g/mol. The number of sulfonamides is 1. The molecule has 0 unspecified atom stereocenters. The first-order chi connectivity index (χ1) is 18.6. The van der Waals surface area contributed by atoms with Crippen molar-refractivity contribution in [3.8, 4) is 11.5 Å². The Hall–Kier alpha value is -2.98. The minimum atomic E-state index is -3.88. The normalized spacial score (nSPS) is 14.8. The molecule has 0 spiro atoms. The van der Waals surface area contributed by atoms with Crippen molar-refractivity contribution in [3.05, 3.63) is 53.1 Å². The van der Waals surface area contributed by atoms with E-state index in [1.54, 1.807) is 25.3 Å². The first kappa shape index (κ1) is 30.6. The Balaban J connectivity index is 1.94. The number of rotatable bonds is 12. The van der Waals surface area contributed by atoms with Crippen molar-refractivity contribution in [2.75, 3.05) is 31.3 Å². The Morgan fingerprint density at radius 1 is 1.08 bits per heavy atom. The maximum absolute atomic E-state index is 13.9. The Kier molecular flexibility index (Phi) is 10.9. The Labute approximate surface area is 236 Å². The number of anilines is 1. The number of hydrogen-bond donors (Lipinski definition) is 1. The van der Waals surface area contributed by atoms with Crippen LogP contribution in [0.4, 0.5) is 5.69 Å². The van der Waals surface area contributed by atoms with Crippen LogP contribution in [0.25, 0.3) is 0 Å². The van der Waals surface area contributed by atoms with Crippen LogP contribution in [0.15, 0.2) is 42.5 Å². The molecule has 1 fully saturated rings. The standard InChI is InChI=1S/C28H38ClN3O6S/c1-5-25(28(34)30-21-11-7-6-8-12-21)31(18-20-10-9-13-23(16-20)37-2)27(33)19-32(39(4,35)36)22-14-15-26(38-3)24(29)17-22/h9-10,13-17,21,25H,5-8,11-12,18-19H2,1-4H3,(H,30,34)/t25-/m1/s1. The summed E-state index contributed by atoms with van der Waals surface area (Å²) in [6.07, 6.45) is 6.47. The average Bonchev–Trinajstić information content (AvgIpc) is 2.91. The van der Waals surface area contributed by atoms with Gasteiger partial charge in [-0.15, -0.1) is 0 Å². The molecule has 1 atom stereocenters. The highest BCUT2D eigenvalue weighted by Crippen LogP contribution is 2.30. The third-order valence-electron chi connectivity index (χ3n) is 6.93. The van der Waals surface area contributed by atoms with Gasteiger partial charge in [-0.05, 0) is 55.2 Å². The number of carbonyl (C=O) groups excluding carboxylic acids is 2.